The molecule has 0 amide bonds. The highest BCUT2D eigenvalue weighted by atomic mass is 16.6. The van der Waals surface area contributed by atoms with E-state index in [1.54, 1.807) is 18.2 Å². The van der Waals surface area contributed by atoms with E-state index in [9.17, 15) is 9.59 Å². The number of ketones is 1. The highest BCUT2D eigenvalue weighted by Gasteiger charge is 2.11. The maximum absolute atomic E-state index is 11.9. The van der Waals surface area contributed by atoms with Crippen molar-refractivity contribution in [3.8, 4) is 11.5 Å². The summed E-state index contributed by atoms with van der Waals surface area (Å²) in [5.41, 5.74) is 3.27. The van der Waals surface area contributed by atoms with E-state index in [-0.39, 0.29) is 19.0 Å². The van der Waals surface area contributed by atoms with E-state index < -0.39 is 5.97 Å². The Hall–Kier alpha value is -2.82. The van der Waals surface area contributed by atoms with Crippen molar-refractivity contribution in [2.24, 2.45) is 0 Å². The van der Waals surface area contributed by atoms with Gasteiger partial charge in [-0.05, 0) is 50.6 Å². The van der Waals surface area contributed by atoms with Crippen LogP contribution in [0.25, 0.3) is 0 Å². The van der Waals surface area contributed by atoms with E-state index >= 15 is 0 Å². The molecule has 5 nitrogen and oxygen atoms in total. The minimum Gasteiger partial charge on any atom is -0.496 e. The van der Waals surface area contributed by atoms with Crippen LogP contribution in [0.4, 0.5) is 0 Å². The highest BCUT2D eigenvalue weighted by molar-refractivity contribution is 5.94. The lowest BCUT2D eigenvalue weighted by atomic mass is 10.1. The summed E-state index contributed by atoms with van der Waals surface area (Å²) in [6.07, 6.45) is 0. The molecule has 0 N–H and O–H groups in total. The molecule has 0 aliphatic carbocycles. The lowest BCUT2D eigenvalue weighted by Gasteiger charge is -2.12. The van der Waals surface area contributed by atoms with Crippen LogP contribution in [0, 0.1) is 13.8 Å². The van der Waals surface area contributed by atoms with Crippen molar-refractivity contribution < 1.29 is 23.8 Å². The summed E-state index contributed by atoms with van der Waals surface area (Å²) in [6.45, 7) is 5.23. The molecule has 2 aromatic carbocycles. The fourth-order valence-corrected chi connectivity index (χ4v) is 2.41. The van der Waals surface area contributed by atoms with Crippen LogP contribution in [-0.2, 0) is 16.1 Å². The van der Waals surface area contributed by atoms with Crippen molar-refractivity contribution in [3.05, 3.63) is 58.7 Å². The van der Waals surface area contributed by atoms with Gasteiger partial charge in [0.05, 0.1) is 7.11 Å². The van der Waals surface area contributed by atoms with Crippen LogP contribution in [0.1, 0.15) is 34.0 Å². The predicted octanol–water partition coefficient (Wildman–Crippen LogP) is 3.64. The average molecular weight is 342 g/mol. The zero-order valence-electron chi connectivity index (χ0n) is 14.9. The summed E-state index contributed by atoms with van der Waals surface area (Å²) in [5.74, 6) is 0.662. The van der Waals surface area contributed by atoms with Crippen molar-refractivity contribution in [1.29, 1.82) is 0 Å². The number of carbonyl (C=O) groups excluding carboxylic acids is 2. The van der Waals surface area contributed by atoms with E-state index in [1.807, 2.05) is 32.0 Å². The van der Waals surface area contributed by atoms with Crippen molar-refractivity contribution in [3.63, 3.8) is 0 Å². The standard InChI is InChI=1S/C20H22O5/c1-13-5-7-18(14(2)9-13)24-12-20(22)25-11-17-10-16(15(3)21)6-8-19(17)23-4/h5-10H,11-12H2,1-4H3. The second kappa shape index (κ2) is 8.33. The molecule has 5 heteroatoms. The number of hydrogen-bond donors (Lipinski definition) is 0. The molecule has 0 atom stereocenters. The lowest BCUT2D eigenvalue weighted by Crippen LogP contribution is -2.15. The fourth-order valence-electron chi connectivity index (χ4n) is 2.41. The minimum atomic E-state index is -0.491. The van der Waals surface area contributed by atoms with Gasteiger partial charge in [0.25, 0.3) is 0 Å². The summed E-state index contributed by atoms with van der Waals surface area (Å²) in [7, 11) is 1.53. The van der Waals surface area contributed by atoms with Crippen LogP contribution < -0.4 is 9.47 Å². The Morgan fingerprint density at radius 1 is 1.00 bits per heavy atom. The largest absolute Gasteiger partial charge is 0.496 e. The molecule has 0 aromatic heterocycles. The zero-order chi connectivity index (χ0) is 18.4. The SMILES string of the molecule is COc1ccc(C(C)=O)cc1COC(=O)COc1ccc(C)cc1C. The van der Waals surface area contributed by atoms with Crippen molar-refractivity contribution in [2.75, 3.05) is 13.7 Å². The minimum absolute atomic E-state index is 0.0133. The van der Waals surface area contributed by atoms with Gasteiger partial charge in [-0.2, -0.15) is 0 Å². The number of methoxy groups -OCH3 is 1. The van der Waals surface area contributed by atoms with E-state index in [2.05, 4.69) is 0 Å². The molecule has 0 aliphatic heterocycles. The van der Waals surface area contributed by atoms with Crippen LogP contribution in [0.5, 0.6) is 11.5 Å². The lowest BCUT2D eigenvalue weighted by molar-refractivity contribution is -0.147. The number of rotatable bonds is 7. The van der Waals surface area contributed by atoms with Gasteiger partial charge in [0.2, 0.25) is 0 Å². The first-order chi connectivity index (χ1) is 11.9. The Balaban J connectivity index is 1.95. The third kappa shape index (κ3) is 5.08. The summed E-state index contributed by atoms with van der Waals surface area (Å²) in [4.78, 5) is 23.4. The van der Waals surface area contributed by atoms with E-state index in [1.165, 1.54) is 14.0 Å². The zero-order valence-corrected chi connectivity index (χ0v) is 14.9. The molecule has 2 rings (SSSR count). The molecule has 25 heavy (non-hydrogen) atoms. The van der Waals surface area contributed by atoms with E-state index in [0.717, 1.165) is 11.1 Å². The third-order valence-corrected chi connectivity index (χ3v) is 3.75. The molecular weight excluding hydrogens is 320 g/mol. The molecule has 0 aliphatic rings. The van der Waals surface area contributed by atoms with Crippen LogP contribution in [0.2, 0.25) is 0 Å². The summed E-state index contributed by atoms with van der Waals surface area (Å²) in [5, 5.41) is 0. The molecular formula is C20H22O5. The van der Waals surface area contributed by atoms with Crippen LogP contribution in [0.15, 0.2) is 36.4 Å². The molecule has 0 unspecified atom stereocenters. The summed E-state index contributed by atoms with van der Waals surface area (Å²) >= 11 is 0. The van der Waals surface area contributed by atoms with E-state index in [0.29, 0.717) is 22.6 Å². The number of aryl methyl sites for hydroxylation is 2. The molecule has 0 saturated carbocycles. The van der Waals surface area contributed by atoms with Gasteiger partial charge in [0.15, 0.2) is 12.4 Å². The van der Waals surface area contributed by atoms with Crippen molar-refractivity contribution in [1.82, 2.24) is 0 Å². The smallest absolute Gasteiger partial charge is 0.344 e. The first-order valence-electron chi connectivity index (χ1n) is 7.94. The second-order valence-corrected chi connectivity index (χ2v) is 5.80. The average Bonchev–Trinajstić information content (AvgIpc) is 2.58. The number of esters is 1. The molecule has 0 radical (unpaired) electrons. The number of carbonyl (C=O) groups is 2. The number of benzene rings is 2. The molecule has 0 bridgehead atoms. The Kier molecular flexibility index (Phi) is 6.17. The van der Waals surface area contributed by atoms with Gasteiger partial charge in [0.1, 0.15) is 18.1 Å². The van der Waals surface area contributed by atoms with Crippen molar-refractivity contribution in [2.45, 2.75) is 27.4 Å². The first kappa shape index (κ1) is 18.5. The summed E-state index contributed by atoms with van der Waals surface area (Å²) in [6, 6.07) is 10.8. The van der Waals surface area contributed by atoms with Gasteiger partial charge in [-0.3, -0.25) is 4.79 Å². The van der Waals surface area contributed by atoms with Crippen LogP contribution in [0.3, 0.4) is 0 Å². The maximum atomic E-state index is 11.9. The van der Waals surface area contributed by atoms with Crippen LogP contribution in [-0.4, -0.2) is 25.5 Å². The molecule has 0 fully saturated rings. The first-order valence-corrected chi connectivity index (χ1v) is 7.94. The topological polar surface area (TPSA) is 61.8 Å². The Morgan fingerprint density at radius 3 is 2.36 bits per heavy atom. The molecule has 0 spiro atoms. The van der Waals surface area contributed by atoms with Crippen LogP contribution >= 0.6 is 0 Å². The van der Waals surface area contributed by atoms with E-state index in [4.69, 9.17) is 14.2 Å². The van der Waals surface area contributed by atoms with Gasteiger partial charge in [0, 0.05) is 11.1 Å². The third-order valence-electron chi connectivity index (χ3n) is 3.75. The molecule has 2 aromatic rings. The highest BCUT2D eigenvalue weighted by Crippen LogP contribution is 2.22. The molecule has 0 heterocycles. The quantitative estimate of drug-likeness (QED) is 0.568. The maximum Gasteiger partial charge on any atom is 0.344 e. The van der Waals surface area contributed by atoms with Gasteiger partial charge in [-0.1, -0.05) is 17.7 Å². The fraction of sp³-hybridized carbons (Fsp3) is 0.300. The molecule has 132 valence electrons. The predicted molar refractivity (Wildman–Crippen MR) is 94.2 cm³/mol. The van der Waals surface area contributed by atoms with Crippen molar-refractivity contribution >= 4 is 11.8 Å². The second-order valence-electron chi connectivity index (χ2n) is 5.80. The number of ether oxygens (including phenoxy) is 3. The monoisotopic (exact) mass is 342 g/mol. The normalized spacial score (nSPS) is 10.2. The Morgan fingerprint density at radius 2 is 1.72 bits per heavy atom. The number of hydrogen-bond acceptors (Lipinski definition) is 5. The van der Waals surface area contributed by atoms with Gasteiger partial charge < -0.3 is 14.2 Å². The van der Waals surface area contributed by atoms with Gasteiger partial charge >= 0.3 is 5.97 Å². The molecule has 0 saturated heterocycles. The Bertz CT molecular complexity index is 780. The summed E-state index contributed by atoms with van der Waals surface area (Å²) < 4.78 is 16.0. The van der Waals surface area contributed by atoms with Gasteiger partial charge in [-0.25, -0.2) is 4.79 Å². The van der Waals surface area contributed by atoms with Gasteiger partial charge in [-0.15, -0.1) is 0 Å². The number of Topliss-reactive ketones (excluding diaryl/α,β-unsaturated/α-hetero) is 1. The Labute approximate surface area is 147 Å².